The van der Waals surface area contributed by atoms with E-state index in [9.17, 15) is 4.79 Å². The number of hydrogen-bond donors (Lipinski definition) is 3. The average Bonchev–Trinajstić information content (AvgIpc) is 2.03. The van der Waals surface area contributed by atoms with E-state index in [4.69, 9.17) is 5.11 Å². The van der Waals surface area contributed by atoms with Crippen molar-refractivity contribution in [2.24, 2.45) is 5.92 Å². The van der Waals surface area contributed by atoms with Crippen molar-refractivity contribution in [3.05, 3.63) is 0 Å². The molecule has 0 aliphatic carbocycles. The lowest BCUT2D eigenvalue weighted by molar-refractivity contribution is -0.121. The highest BCUT2D eigenvalue weighted by atomic mass is 32.1. The van der Waals surface area contributed by atoms with Crippen LogP contribution < -0.4 is 5.32 Å². The van der Waals surface area contributed by atoms with Crippen molar-refractivity contribution in [3.63, 3.8) is 0 Å². The molecule has 78 valence electrons. The Morgan fingerprint density at radius 3 is 2.31 bits per heavy atom. The first-order chi connectivity index (χ1) is 5.99. The second kappa shape index (κ2) is 6.27. The predicted octanol–water partition coefficient (Wildman–Crippen LogP) is 0.828. The van der Waals surface area contributed by atoms with Gasteiger partial charge in [0.15, 0.2) is 0 Å². The van der Waals surface area contributed by atoms with E-state index in [1.54, 1.807) is 6.92 Å². The van der Waals surface area contributed by atoms with Gasteiger partial charge in [-0.1, -0.05) is 13.8 Å². The van der Waals surface area contributed by atoms with E-state index in [1.807, 2.05) is 13.8 Å². The van der Waals surface area contributed by atoms with Crippen LogP contribution in [0, 0.1) is 5.92 Å². The maximum Gasteiger partial charge on any atom is 0.232 e. The summed E-state index contributed by atoms with van der Waals surface area (Å²) in [5.74, 6) is 0.263. The fourth-order valence-electron chi connectivity index (χ4n) is 1.01. The van der Waals surface area contributed by atoms with E-state index in [1.165, 1.54) is 0 Å². The van der Waals surface area contributed by atoms with Crippen LogP contribution in [0.4, 0.5) is 0 Å². The predicted molar refractivity (Wildman–Crippen MR) is 56.9 cm³/mol. The molecule has 0 bridgehead atoms. The Bertz CT molecular complexity index is 160. The van der Waals surface area contributed by atoms with Gasteiger partial charge in [-0.2, -0.15) is 12.6 Å². The molecule has 0 fully saturated rings. The maximum absolute atomic E-state index is 11.3. The fraction of sp³-hybridized carbons (Fsp3) is 0.889. The Balaban J connectivity index is 4.02. The standard InChI is InChI=1S/C9H19NO2S/c1-6(2)8(4-5-11)10-9(12)7(3)13/h6-8,11,13H,4-5H2,1-3H3,(H,10,12). The Kier molecular flexibility index (Phi) is 6.16. The topological polar surface area (TPSA) is 49.3 Å². The molecule has 0 aromatic heterocycles. The van der Waals surface area contributed by atoms with Crippen molar-refractivity contribution in [1.82, 2.24) is 5.32 Å². The summed E-state index contributed by atoms with van der Waals surface area (Å²) >= 11 is 4.03. The van der Waals surface area contributed by atoms with Crippen LogP contribution in [-0.4, -0.2) is 28.9 Å². The third kappa shape index (κ3) is 5.16. The van der Waals surface area contributed by atoms with Crippen LogP contribution >= 0.6 is 12.6 Å². The second-order valence-electron chi connectivity index (χ2n) is 3.55. The smallest absolute Gasteiger partial charge is 0.232 e. The maximum atomic E-state index is 11.3. The van der Waals surface area contributed by atoms with E-state index >= 15 is 0 Å². The van der Waals surface area contributed by atoms with E-state index in [-0.39, 0.29) is 23.8 Å². The molecule has 0 saturated heterocycles. The molecule has 0 aromatic carbocycles. The van der Waals surface area contributed by atoms with E-state index in [0.717, 1.165) is 0 Å². The molecule has 0 aliphatic rings. The minimum Gasteiger partial charge on any atom is -0.396 e. The summed E-state index contributed by atoms with van der Waals surface area (Å²) in [4.78, 5) is 11.3. The highest BCUT2D eigenvalue weighted by Crippen LogP contribution is 2.06. The molecule has 0 saturated carbocycles. The number of aliphatic hydroxyl groups excluding tert-OH is 1. The first-order valence-corrected chi connectivity index (χ1v) is 5.10. The molecule has 0 rings (SSSR count). The molecule has 4 heteroatoms. The van der Waals surface area contributed by atoms with Crippen molar-refractivity contribution in [2.75, 3.05) is 6.61 Å². The summed E-state index contributed by atoms with van der Waals surface area (Å²) in [6, 6.07) is 0.0482. The number of thiol groups is 1. The van der Waals surface area contributed by atoms with Crippen LogP contribution in [0.1, 0.15) is 27.2 Å². The Labute approximate surface area is 85.3 Å². The molecule has 1 amide bonds. The number of hydrogen-bond acceptors (Lipinski definition) is 3. The van der Waals surface area contributed by atoms with Gasteiger partial charge in [0.25, 0.3) is 0 Å². The van der Waals surface area contributed by atoms with Gasteiger partial charge in [-0.15, -0.1) is 0 Å². The summed E-state index contributed by atoms with van der Waals surface area (Å²) in [6.07, 6.45) is 0.601. The van der Waals surface area contributed by atoms with E-state index in [2.05, 4.69) is 17.9 Å². The molecule has 2 N–H and O–H groups in total. The summed E-state index contributed by atoms with van der Waals surface area (Å²) in [5, 5.41) is 11.3. The van der Waals surface area contributed by atoms with Gasteiger partial charge in [-0.25, -0.2) is 0 Å². The molecule has 0 aliphatic heterocycles. The third-order valence-electron chi connectivity index (χ3n) is 1.95. The lowest BCUT2D eigenvalue weighted by atomic mass is 10.0. The van der Waals surface area contributed by atoms with Crippen LogP contribution in [0.15, 0.2) is 0 Å². The molecule has 0 spiro atoms. The van der Waals surface area contributed by atoms with Gasteiger partial charge in [0.05, 0.1) is 5.25 Å². The van der Waals surface area contributed by atoms with Crippen molar-refractivity contribution >= 4 is 18.5 Å². The van der Waals surface area contributed by atoms with Gasteiger partial charge >= 0.3 is 0 Å². The van der Waals surface area contributed by atoms with Crippen LogP contribution in [0.2, 0.25) is 0 Å². The highest BCUT2D eigenvalue weighted by molar-refractivity contribution is 7.81. The molecular formula is C9H19NO2S. The SMILES string of the molecule is CC(S)C(=O)NC(CCO)C(C)C. The highest BCUT2D eigenvalue weighted by Gasteiger charge is 2.17. The summed E-state index contributed by atoms with van der Waals surface area (Å²) in [5.41, 5.74) is 0. The van der Waals surface area contributed by atoms with Gasteiger partial charge in [0.1, 0.15) is 0 Å². The molecule has 0 aromatic rings. The van der Waals surface area contributed by atoms with E-state index < -0.39 is 0 Å². The van der Waals surface area contributed by atoms with Gasteiger partial charge in [-0.3, -0.25) is 4.79 Å². The number of rotatable bonds is 5. The zero-order chi connectivity index (χ0) is 10.4. The van der Waals surface area contributed by atoms with Crippen LogP contribution in [0.5, 0.6) is 0 Å². The zero-order valence-electron chi connectivity index (χ0n) is 8.45. The van der Waals surface area contributed by atoms with Crippen molar-refractivity contribution in [3.8, 4) is 0 Å². The molecule has 2 unspecified atom stereocenters. The van der Waals surface area contributed by atoms with Crippen LogP contribution in [0.25, 0.3) is 0 Å². The van der Waals surface area contributed by atoms with Gasteiger partial charge in [0.2, 0.25) is 5.91 Å². The van der Waals surface area contributed by atoms with Crippen molar-refractivity contribution < 1.29 is 9.90 Å². The first kappa shape index (κ1) is 12.8. The van der Waals surface area contributed by atoms with Gasteiger partial charge in [0, 0.05) is 12.6 Å². The zero-order valence-corrected chi connectivity index (χ0v) is 9.34. The molecule has 3 nitrogen and oxygen atoms in total. The molecule has 0 heterocycles. The van der Waals surface area contributed by atoms with Gasteiger partial charge < -0.3 is 10.4 Å². The Morgan fingerprint density at radius 2 is 2.00 bits per heavy atom. The minimum absolute atomic E-state index is 0.0482. The first-order valence-electron chi connectivity index (χ1n) is 4.58. The number of aliphatic hydroxyl groups is 1. The van der Waals surface area contributed by atoms with Gasteiger partial charge in [-0.05, 0) is 19.3 Å². The number of carbonyl (C=O) groups is 1. The third-order valence-corrected chi connectivity index (χ3v) is 2.19. The van der Waals surface area contributed by atoms with Crippen LogP contribution in [-0.2, 0) is 4.79 Å². The quantitative estimate of drug-likeness (QED) is 0.582. The van der Waals surface area contributed by atoms with Crippen LogP contribution in [0.3, 0.4) is 0 Å². The Morgan fingerprint density at radius 1 is 1.46 bits per heavy atom. The second-order valence-corrected chi connectivity index (χ2v) is 4.32. The average molecular weight is 205 g/mol. The number of nitrogens with one attached hydrogen (secondary N) is 1. The van der Waals surface area contributed by atoms with E-state index in [0.29, 0.717) is 12.3 Å². The minimum atomic E-state index is -0.292. The molecule has 13 heavy (non-hydrogen) atoms. The number of carbonyl (C=O) groups excluding carboxylic acids is 1. The summed E-state index contributed by atoms with van der Waals surface area (Å²) < 4.78 is 0. The fourth-order valence-corrected chi connectivity index (χ4v) is 1.09. The number of amides is 1. The molecular weight excluding hydrogens is 186 g/mol. The normalized spacial score (nSPS) is 15.5. The molecule has 0 radical (unpaired) electrons. The Hall–Kier alpha value is -0.220. The van der Waals surface area contributed by atoms with Crippen molar-refractivity contribution in [2.45, 2.75) is 38.5 Å². The van der Waals surface area contributed by atoms with Crippen molar-refractivity contribution in [1.29, 1.82) is 0 Å². The lowest BCUT2D eigenvalue weighted by Gasteiger charge is -2.22. The summed E-state index contributed by atoms with van der Waals surface area (Å²) in [6.45, 7) is 5.87. The summed E-state index contributed by atoms with van der Waals surface area (Å²) in [7, 11) is 0. The monoisotopic (exact) mass is 205 g/mol. The lowest BCUT2D eigenvalue weighted by Crippen LogP contribution is -2.42. The molecule has 2 atom stereocenters. The largest absolute Gasteiger partial charge is 0.396 e.